The summed E-state index contributed by atoms with van der Waals surface area (Å²) in [5, 5.41) is 5.08. The van der Waals surface area contributed by atoms with Crippen LogP contribution in [0.5, 0.6) is 5.75 Å². The lowest BCUT2D eigenvalue weighted by atomic mass is 10.1. The average Bonchev–Trinajstić information content (AvgIpc) is 2.92. The van der Waals surface area contributed by atoms with Gasteiger partial charge in [-0.1, -0.05) is 12.1 Å². The van der Waals surface area contributed by atoms with Crippen LogP contribution in [0.1, 0.15) is 38.1 Å². The zero-order valence-electron chi connectivity index (χ0n) is 15.9. The van der Waals surface area contributed by atoms with Crippen LogP contribution in [0.15, 0.2) is 24.3 Å². The van der Waals surface area contributed by atoms with Gasteiger partial charge in [0.2, 0.25) is 5.91 Å². The van der Waals surface area contributed by atoms with E-state index in [1.165, 1.54) is 31.4 Å². The Labute approximate surface area is 165 Å². The number of benzene rings is 1. The van der Waals surface area contributed by atoms with E-state index >= 15 is 0 Å². The van der Waals surface area contributed by atoms with Crippen LogP contribution in [-0.2, 0) is 14.3 Å². The first-order valence-corrected chi connectivity index (χ1v) is 9.08. The first-order chi connectivity index (χ1) is 13.2. The molecule has 0 bridgehead atoms. The van der Waals surface area contributed by atoms with Crippen molar-refractivity contribution in [1.29, 1.82) is 0 Å². The lowest BCUT2D eigenvalue weighted by molar-refractivity contribution is -0.123. The summed E-state index contributed by atoms with van der Waals surface area (Å²) in [6.07, 6.45) is 0. The summed E-state index contributed by atoms with van der Waals surface area (Å²) in [6, 6.07) is 6.42. The molecule has 1 aromatic carbocycles. The molecule has 1 heterocycles. The van der Waals surface area contributed by atoms with E-state index in [0.717, 1.165) is 4.88 Å². The molecule has 1 aromatic heterocycles. The molecule has 0 aliphatic carbocycles. The highest BCUT2D eigenvalue weighted by Gasteiger charge is 2.23. The molecule has 0 saturated heterocycles. The fourth-order valence-corrected chi connectivity index (χ4v) is 3.48. The van der Waals surface area contributed by atoms with E-state index in [-0.39, 0.29) is 17.0 Å². The number of thiophene rings is 1. The molecule has 0 spiro atoms. The van der Waals surface area contributed by atoms with Gasteiger partial charge in [0.05, 0.1) is 18.2 Å². The Hall–Kier alpha value is -3.20. The number of para-hydroxylation sites is 1. The van der Waals surface area contributed by atoms with E-state index in [2.05, 4.69) is 10.6 Å². The molecule has 0 radical (unpaired) electrons. The number of amides is 3. The van der Waals surface area contributed by atoms with Crippen LogP contribution >= 0.6 is 11.3 Å². The molecule has 0 atom stereocenters. The van der Waals surface area contributed by atoms with Gasteiger partial charge in [0.25, 0.3) is 11.8 Å². The maximum Gasteiger partial charge on any atom is 0.341 e. The molecule has 0 aliphatic heterocycles. The van der Waals surface area contributed by atoms with E-state index in [1.54, 1.807) is 32.0 Å². The summed E-state index contributed by atoms with van der Waals surface area (Å²) in [7, 11) is 1.41. The SMILES string of the molecule is COc1ccccc1C(=O)NC(=O)COC(=O)c1c(NC(C)=O)sc(C)c1C. The number of carbonyl (C=O) groups excluding carboxylic acids is 4. The molecular weight excluding hydrogens is 384 g/mol. The van der Waals surface area contributed by atoms with E-state index in [9.17, 15) is 19.2 Å². The Balaban J connectivity index is 2.02. The summed E-state index contributed by atoms with van der Waals surface area (Å²) in [5.74, 6) is -2.22. The highest BCUT2D eigenvalue weighted by atomic mass is 32.1. The van der Waals surface area contributed by atoms with Gasteiger partial charge in [-0.2, -0.15) is 0 Å². The molecule has 0 aliphatic rings. The van der Waals surface area contributed by atoms with E-state index < -0.39 is 24.4 Å². The number of ether oxygens (including phenoxy) is 2. The van der Waals surface area contributed by atoms with Crippen molar-refractivity contribution in [2.75, 3.05) is 19.0 Å². The number of methoxy groups -OCH3 is 1. The Morgan fingerprint density at radius 2 is 1.79 bits per heavy atom. The van der Waals surface area contributed by atoms with E-state index in [1.807, 2.05) is 0 Å². The van der Waals surface area contributed by atoms with Crippen LogP contribution in [0.25, 0.3) is 0 Å². The minimum atomic E-state index is -0.782. The van der Waals surface area contributed by atoms with Gasteiger partial charge < -0.3 is 14.8 Å². The van der Waals surface area contributed by atoms with Gasteiger partial charge in [0.15, 0.2) is 6.61 Å². The quantitative estimate of drug-likeness (QED) is 0.716. The topological polar surface area (TPSA) is 111 Å². The predicted molar refractivity (Wildman–Crippen MR) is 104 cm³/mol. The first-order valence-electron chi connectivity index (χ1n) is 8.26. The van der Waals surface area contributed by atoms with Gasteiger partial charge in [-0.05, 0) is 31.5 Å². The standard InChI is InChI=1S/C19H20N2O6S/c1-10-11(2)28-18(20-12(3)22)16(10)19(25)27-9-15(23)21-17(24)13-7-5-6-8-14(13)26-4/h5-8H,9H2,1-4H3,(H,20,22)(H,21,23,24). The molecule has 148 valence electrons. The number of anilines is 1. The van der Waals surface area contributed by atoms with Crippen LogP contribution in [0.2, 0.25) is 0 Å². The molecule has 0 fully saturated rings. The number of hydrogen-bond acceptors (Lipinski definition) is 7. The normalized spacial score (nSPS) is 10.1. The van der Waals surface area contributed by atoms with Gasteiger partial charge >= 0.3 is 5.97 Å². The second-order valence-electron chi connectivity index (χ2n) is 5.82. The summed E-state index contributed by atoms with van der Waals surface area (Å²) < 4.78 is 10.1. The minimum Gasteiger partial charge on any atom is -0.496 e. The van der Waals surface area contributed by atoms with Crippen LogP contribution in [0.4, 0.5) is 5.00 Å². The number of carbonyl (C=O) groups is 4. The zero-order valence-corrected chi connectivity index (χ0v) is 16.7. The van der Waals surface area contributed by atoms with Gasteiger partial charge in [0.1, 0.15) is 10.8 Å². The summed E-state index contributed by atoms with van der Waals surface area (Å²) >= 11 is 1.24. The molecule has 0 saturated carbocycles. The largest absolute Gasteiger partial charge is 0.496 e. The third-order valence-corrected chi connectivity index (χ3v) is 4.94. The van der Waals surface area contributed by atoms with Crippen molar-refractivity contribution in [2.24, 2.45) is 0 Å². The molecule has 9 heteroatoms. The summed E-state index contributed by atoms with van der Waals surface area (Å²) in [6.45, 7) is 4.21. The minimum absolute atomic E-state index is 0.182. The molecule has 3 amide bonds. The van der Waals surface area contributed by atoms with Crippen molar-refractivity contribution in [3.63, 3.8) is 0 Å². The third-order valence-electron chi connectivity index (χ3n) is 3.82. The van der Waals surface area contributed by atoms with Crippen molar-refractivity contribution in [3.8, 4) is 5.75 Å². The number of hydrogen-bond donors (Lipinski definition) is 2. The highest BCUT2D eigenvalue weighted by molar-refractivity contribution is 7.16. The predicted octanol–water partition coefficient (Wildman–Crippen LogP) is 2.45. The number of rotatable bonds is 6. The first kappa shape index (κ1) is 21.1. The van der Waals surface area contributed by atoms with Gasteiger partial charge in [-0.3, -0.25) is 19.7 Å². The van der Waals surface area contributed by atoms with Crippen molar-refractivity contribution in [1.82, 2.24) is 5.32 Å². The van der Waals surface area contributed by atoms with Gasteiger partial charge in [-0.15, -0.1) is 11.3 Å². The van der Waals surface area contributed by atoms with Crippen LogP contribution in [0, 0.1) is 13.8 Å². The Bertz CT molecular complexity index is 935. The Kier molecular flexibility index (Phi) is 6.89. The second-order valence-corrected chi connectivity index (χ2v) is 7.05. The highest BCUT2D eigenvalue weighted by Crippen LogP contribution is 2.32. The number of esters is 1. The van der Waals surface area contributed by atoms with Crippen molar-refractivity contribution in [2.45, 2.75) is 20.8 Å². The van der Waals surface area contributed by atoms with E-state index in [0.29, 0.717) is 16.3 Å². The Morgan fingerprint density at radius 1 is 1.11 bits per heavy atom. The van der Waals surface area contributed by atoms with Crippen molar-refractivity contribution >= 4 is 40.0 Å². The van der Waals surface area contributed by atoms with Crippen LogP contribution in [-0.4, -0.2) is 37.4 Å². The third kappa shape index (κ3) is 4.95. The fourth-order valence-electron chi connectivity index (χ4n) is 2.39. The monoisotopic (exact) mass is 404 g/mol. The number of imide groups is 1. The van der Waals surface area contributed by atoms with Crippen LogP contribution < -0.4 is 15.4 Å². The molecule has 0 unspecified atom stereocenters. The van der Waals surface area contributed by atoms with E-state index in [4.69, 9.17) is 9.47 Å². The fraction of sp³-hybridized carbons (Fsp3) is 0.263. The second kappa shape index (κ2) is 9.14. The molecule has 28 heavy (non-hydrogen) atoms. The summed E-state index contributed by atoms with van der Waals surface area (Å²) in [5.41, 5.74) is 1.03. The lowest BCUT2D eigenvalue weighted by Crippen LogP contribution is -2.34. The van der Waals surface area contributed by atoms with Crippen molar-refractivity contribution < 1.29 is 28.7 Å². The number of aryl methyl sites for hydroxylation is 1. The zero-order chi connectivity index (χ0) is 20.8. The molecule has 2 aromatic rings. The lowest BCUT2D eigenvalue weighted by Gasteiger charge is -2.09. The molecular formula is C19H20N2O6S. The van der Waals surface area contributed by atoms with Gasteiger partial charge in [-0.25, -0.2) is 4.79 Å². The molecule has 2 rings (SSSR count). The average molecular weight is 404 g/mol. The van der Waals surface area contributed by atoms with Crippen molar-refractivity contribution in [3.05, 3.63) is 45.8 Å². The molecule has 8 nitrogen and oxygen atoms in total. The maximum atomic E-state index is 12.4. The number of nitrogens with one attached hydrogen (secondary N) is 2. The Morgan fingerprint density at radius 3 is 2.43 bits per heavy atom. The maximum absolute atomic E-state index is 12.4. The van der Waals surface area contributed by atoms with Gasteiger partial charge in [0, 0.05) is 11.8 Å². The molecule has 2 N–H and O–H groups in total. The smallest absolute Gasteiger partial charge is 0.341 e. The summed E-state index contributed by atoms with van der Waals surface area (Å²) in [4.78, 5) is 48.7. The van der Waals surface area contributed by atoms with Crippen LogP contribution in [0.3, 0.4) is 0 Å².